The molecule has 4 nitrogen and oxygen atoms in total. The molecule has 2 aromatic rings. The second kappa shape index (κ2) is 5.45. The van der Waals surface area contributed by atoms with Gasteiger partial charge in [0.2, 0.25) is 0 Å². The number of halogens is 1. The number of nitro groups is 1. The second-order valence-corrected chi connectivity index (χ2v) is 5.05. The molecule has 0 spiro atoms. The first-order valence-corrected chi connectivity index (χ1v) is 6.35. The molecule has 0 aliphatic heterocycles. The van der Waals surface area contributed by atoms with E-state index in [0.717, 1.165) is 5.56 Å². The van der Waals surface area contributed by atoms with E-state index >= 15 is 0 Å². The molecule has 2 rings (SSSR count). The Bertz CT molecular complexity index is 606. The fourth-order valence-electron chi connectivity index (χ4n) is 1.85. The zero-order valence-electron chi connectivity index (χ0n) is 10.7. The van der Waals surface area contributed by atoms with Crippen LogP contribution in [-0.2, 0) is 6.42 Å². The molecule has 19 heavy (non-hydrogen) atoms. The van der Waals surface area contributed by atoms with Gasteiger partial charge in [0.1, 0.15) is 10.7 Å². The summed E-state index contributed by atoms with van der Waals surface area (Å²) in [6.45, 7) is 4.09. The minimum absolute atomic E-state index is 0.277. The van der Waals surface area contributed by atoms with Crippen LogP contribution in [0.2, 0.25) is 0 Å². The van der Waals surface area contributed by atoms with E-state index in [1.54, 1.807) is 6.07 Å². The van der Waals surface area contributed by atoms with E-state index in [9.17, 15) is 10.1 Å². The van der Waals surface area contributed by atoms with Gasteiger partial charge >= 0.3 is 5.88 Å². The van der Waals surface area contributed by atoms with E-state index in [-0.39, 0.29) is 5.88 Å². The van der Waals surface area contributed by atoms with E-state index in [2.05, 4.69) is 6.07 Å². The molecular formula is C14H14ClNO3. The van der Waals surface area contributed by atoms with Crippen LogP contribution in [0, 0.1) is 24.0 Å². The summed E-state index contributed by atoms with van der Waals surface area (Å²) in [7, 11) is 0. The second-order valence-electron chi connectivity index (χ2n) is 4.52. The summed E-state index contributed by atoms with van der Waals surface area (Å²) in [6, 6.07) is 9.00. The quantitative estimate of drug-likeness (QED) is 0.475. The SMILES string of the molecule is Cc1ccc(CC(Cl)c2ccc([N+](=O)[O-])o2)cc1C. The Morgan fingerprint density at radius 1 is 1.26 bits per heavy atom. The number of alkyl halides is 1. The molecule has 0 saturated carbocycles. The van der Waals surface area contributed by atoms with E-state index in [4.69, 9.17) is 16.0 Å². The van der Waals surface area contributed by atoms with Crippen molar-refractivity contribution >= 4 is 17.5 Å². The maximum Gasteiger partial charge on any atom is 0.433 e. The summed E-state index contributed by atoms with van der Waals surface area (Å²) in [5.41, 5.74) is 3.51. The van der Waals surface area contributed by atoms with Gasteiger partial charge in [-0.2, -0.15) is 0 Å². The lowest BCUT2D eigenvalue weighted by Gasteiger charge is -2.08. The summed E-state index contributed by atoms with van der Waals surface area (Å²) in [6.07, 6.45) is 0.577. The molecule has 1 heterocycles. The average Bonchev–Trinajstić information content (AvgIpc) is 2.83. The first kappa shape index (κ1) is 13.6. The lowest BCUT2D eigenvalue weighted by molar-refractivity contribution is -0.402. The Morgan fingerprint density at radius 3 is 2.58 bits per heavy atom. The van der Waals surface area contributed by atoms with Crippen molar-refractivity contribution in [1.29, 1.82) is 0 Å². The third-order valence-corrected chi connectivity index (χ3v) is 3.46. The molecule has 0 aliphatic carbocycles. The number of benzene rings is 1. The fraction of sp³-hybridized carbons (Fsp3) is 0.286. The first-order chi connectivity index (χ1) is 8.97. The van der Waals surface area contributed by atoms with E-state index < -0.39 is 10.3 Å². The molecule has 0 radical (unpaired) electrons. The van der Waals surface area contributed by atoms with Crippen molar-refractivity contribution in [3.63, 3.8) is 0 Å². The minimum Gasteiger partial charge on any atom is -0.404 e. The molecule has 0 bridgehead atoms. The number of hydrogen-bond acceptors (Lipinski definition) is 3. The summed E-state index contributed by atoms with van der Waals surface area (Å²) in [5.74, 6) is 0.146. The number of rotatable bonds is 4. The Hall–Kier alpha value is -1.81. The summed E-state index contributed by atoms with van der Waals surface area (Å²) in [4.78, 5) is 9.98. The largest absolute Gasteiger partial charge is 0.433 e. The molecule has 0 saturated heterocycles. The van der Waals surface area contributed by atoms with Gasteiger partial charge in [-0.1, -0.05) is 18.2 Å². The molecule has 100 valence electrons. The Labute approximate surface area is 116 Å². The normalized spacial score (nSPS) is 12.4. The summed E-state index contributed by atoms with van der Waals surface area (Å²) in [5, 5.41) is 10.1. The van der Waals surface area contributed by atoms with E-state index in [0.29, 0.717) is 12.2 Å². The highest BCUT2D eigenvalue weighted by molar-refractivity contribution is 6.20. The third kappa shape index (κ3) is 3.15. The van der Waals surface area contributed by atoms with Crippen LogP contribution in [0.1, 0.15) is 27.8 Å². The minimum atomic E-state index is -0.566. The molecule has 1 aromatic heterocycles. The van der Waals surface area contributed by atoms with Gasteiger partial charge < -0.3 is 4.42 Å². The van der Waals surface area contributed by atoms with Gasteiger partial charge in [-0.25, -0.2) is 0 Å². The maximum absolute atomic E-state index is 10.5. The van der Waals surface area contributed by atoms with Crippen LogP contribution in [-0.4, -0.2) is 4.92 Å². The number of hydrogen-bond donors (Lipinski definition) is 0. The predicted molar refractivity (Wildman–Crippen MR) is 73.6 cm³/mol. The third-order valence-electron chi connectivity index (χ3n) is 3.09. The number of furan rings is 1. The molecule has 0 N–H and O–H groups in total. The Balaban J connectivity index is 2.13. The zero-order chi connectivity index (χ0) is 14.0. The van der Waals surface area contributed by atoms with Crippen LogP contribution < -0.4 is 0 Å². The van der Waals surface area contributed by atoms with Crippen molar-refractivity contribution in [3.05, 3.63) is 62.9 Å². The van der Waals surface area contributed by atoms with Crippen molar-refractivity contribution in [2.24, 2.45) is 0 Å². The van der Waals surface area contributed by atoms with Crippen molar-refractivity contribution < 1.29 is 9.34 Å². The Kier molecular flexibility index (Phi) is 3.90. The highest BCUT2D eigenvalue weighted by Crippen LogP contribution is 2.29. The molecular weight excluding hydrogens is 266 g/mol. The molecule has 1 aromatic carbocycles. The van der Waals surface area contributed by atoms with Gasteiger partial charge in [0.15, 0.2) is 0 Å². The monoisotopic (exact) mass is 279 g/mol. The highest BCUT2D eigenvalue weighted by Gasteiger charge is 2.18. The van der Waals surface area contributed by atoms with Gasteiger partial charge in [0.05, 0.1) is 11.4 Å². The molecule has 1 unspecified atom stereocenters. The molecule has 0 aliphatic rings. The van der Waals surface area contributed by atoms with Crippen molar-refractivity contribution in [3.8, 4) is 0 Å². The lowest BCUT2D eigenvalue weighted by Crippen LogP contribution is -1.95. The predicted octanol–water partition coefficient (Wildman–Crippen LogP) is 4.33. The lowest BCUT2D eigenvalue weighted by atomic mass is 10.0. The first-order valence-electron chi connectivity index (χ1n) is 5.91. The maximum atomic E-state index is 10.5. The zero-order valence-corrected chi connectivity index (χ0v) is 11.5. The van der Waals surface area contributed by atoms with Crippen LogP contribution in [0.15, 0.2) is 34.7 Å². The van der Waals surface area contributed by atoms with E-state index in [1.807, 2.05) is 26.0 Å². The number of aryl methyl sites for hydroxylation is 2. The standard InChI is InChI=1S/C14H14ClNO3/c1-9-3-4-11(7-10(9)2)8-12(15)13-5-6-14(19-13)16(17)18/h3-7,12H,8H2,1-2H3. The van der Waals surface area contributed by atoms with Gasteiger partial charge in [-0.3, -0.25) is 10.1 Å². The van der Waals surface area contributed by atoms with Crippen LogP contribution in [0.25, 0.3) is 0 Å². The average molecular weight is 280 g/mol. The fourth-order valence-corrected chi connectivity index (χ4v) is 2.14. The Morgan fingerprint density at radius 2 is 2.00 bits per heavy atom. The summed E-state index contributed by atoms with van der Waals surface area (Å²) >= 11 is 6.23. The van der Waals surface area contributed by atoms with Gasteiger partial charge in [-0.05, 0) is 43.0 Å². The van der Waals surface area contributed by atoms with Crippen LogP contribution in [0.3, 0.4) is 0 Å². The topological polar surface area (TPSA) is 56.3 Å². The molecule has 1 atom stereocenters. The summed E-state index contributed by atoms with van der Waals surface area (Å²) < 4.78 is 5.10. The van der Waals surface area contributed by atoms with Gasteiger partial charge in [0.25, 0.3) is 0 Å². The van der Waals surface area contributed by atoms with Crippen LogP contribution >= 0.6 is 11.6 Å². The molecule has 0 amide bonds. The van der Waals surface area contributed by atoms with Crippen molar-refractivity contribution in [2.45, 2.75) is 25.6 Å². The van der Waals surface area contributed by atoms with Crippen LogP contribution in [0.5, 0.6) is 0 Å². The number of nitrogens with zero attached hydrogens (tertiary/aromatic N) is 1. The smallest absolute Gasteiger partial charge is 0.404 e. The van der Waals surface area contributed by atoms with Crippen LogP contribution in [0.4, 0.5) is 5.88 Å². The van der Waals surface area contributed by atoms with Gasteiger partial charge in [-0.15, -0.1) is 11.6 Å². The van der Waals surface area contributed by atoms with E-state index in [1.165, 1.54) is 17.2 Å². The molecule has 0 fully saturated rings. The van der Waals surface area contributed by atoms with Crippen molar-refractivity contribution in [1.82, 2.24) is 0 Å². The van der Waals surface area contributed by atoms with Gasteiger partial charge in [0, 0.05) is 0 Å². The highest BCUT2D eigenvalue weighted by atomic mass is 35.5. The molecule has 5 heteroatoms. The van der Waals surface area contributed by atoms with Crippen molar-refractivity contribution in [2.75, 3.05) is 0 Å².